The first kappa shape index (κ1) is 17.1. The highest BCUT2D eigenvalue weighted by Crippen LogP contribution is 2.27. The van der Waals surface area contributed by atoms with Gasteiger partial charge < -0.3 is 9.64 Å². The molecule has 0 aliphatic carbocycles. The molecule has 0 N–H and O–H groups in total. The third-order valence-electron chi connectivity index (χ3n) is 4.30. The van der Waals surface area contributed by atoms with Crippen LogP contribution in [0.25, 0.3) is 0 Å². The molecule has 23 heavy (non-hydrogen) atoms. The van der Waals surface area contributed by atoms with Gasteiger partial charge in [-0.3, -0.25) is 4.79 Å². The highest BCUT2D eigenvalue weighted by Gasteiger charge is 2.14. The van der Waals surface area contributed by atoms with Crippen molar-refractivity contribution in [2.75, 3.05) is 20.2 Å². The molecule has 2 aromatic rings. The summed E-state index contributed by atoms with van der Waals surface area (Å²) in [5.41, 5.74) is 3.14. The number of amides is 1. The second-order valence-corrected chi connectivity index (χ2v) is 5.60. The molecule has 0 fully saturated rings. The van der Waals surface area contributed by atoms with Gasteiger partial charge in [0.25, 0.3) is 5.91 Å². The molecule has 0 aromatic heterocycles. The van der Waals surface area contributed by atoms with Crippen LogP contribution in [0.15, 0.2) is 48.5 Å². The molecule has 3 heteroatoms. The fourth-order valence-electron chi connectivity index (χ4n) is 2.71. The first-order valence-electron chi connectivity index (χ1n) is 8.13. The number of carbonyl (C=O) groups is 1. The minimum atomic E-state index is 0.0931. The molecule has 1 atom stereocenters. The van der Waals surface area contributed by atoms with Crippen LogP contribution in [0.4, 0.5) is 0 Å². The number of benzene rings is 2. The second-order valence-electron chi connectivity index (χ2n) is 5.60. The van der Waals surface area contributed by atoms with Crippen LogP contribution in [0.3, 0.4) is 0 Å². The van der Waals surface area contributed by atoms with Crippen LogP contribution in [0.5, 0.6) is 5.75 Å². The number of ether oxygens (including phenoxy) is 1. The monoisotopic (exact) mass is 311 g/mol. The lowest BCUT2D eigenvalue weighted by Gasteiger charge is -2.19. The Labute approximate surface area is 138 Å². The fourth-order valence-corrected chi connectivity index (χ4v) is 2.71. The molecule has 122 valence electrons. The summed E-state index contributed by atoms with van der Waals surface area (Å²) in [6.45, 7) is 7.63. The lowest BCUT2D eigenvalue weighted by Crippen LogP contribution is -2.30. The van der Waals surface area contributed by atoms with Crippen molar-refractivity contribution >= 4 is 5.91 Å². The summed E-state index contributed by atoms with van der Waals surface area (Å²) >= 11 is 0. The highest BCUT2D eigenvalue weighted by atomic mass is 16.5. The molecule has 0 aliphatic heterocycles. The largest absolute Gasteiger partial charge is 0.497 e. The normalized spacial score (nSPS) is 11.8. The second kappa shape index (κ2) is 7.82. The summed E-state index contributed by atoms with van der Waals surface area (Å²) in [4.78, 5) is 14.2. The average Bonchev–Trinajstić information content (AvgIpc) is 2.62. The molecule has 2 aromatic carbocycles. The smallest absolute Gasteiger partial charge is 0.253 e. The number of nitrogens with zero attached hydrogens (tertiary/aromatic N) is 1. The number of carbonyl (C=O) groups excluding carboxylic acids is 1. The van der Waals surface area contributed by atoms with E-state index in [2.05, 4.69) is 19.1 Å². The van der Waals surface area contributed by atoms with E-state index >= 15 is 0 Å². The van der Waals surface area contributed by atoms with Crippen LogP contribution in [-0.4, -0.2) is 31.0 Å². The van der Waals surface area contributed by atoms with Gasteiger partial charge in [0.1, 0.15) is 5.75 Å². The Morgan fingerprint density at radius 2 is 1.70 bits per heavy atom. The molecule has 0 heterocycles. The van der Waals surface area contributed by atoms with Gasteiger partial charge in [-0.25, -0.2) is 0 Å². The van der Waals surface area contributed by atoms with Crippen molar-refractivity contribution in [1.82, 2.24) is 4.90 Å². The SMILES string of the molecule is CCN(CC)C(=O)c1ccc([C@H](C)c2cccc(OC)c2)cc1. The Morgan fingerprint density at radius 3 is 2.26 bits per heavy atom. The standard InChI is InChI=1S/C20H25NO2/c1-5-21(6-2)20(22)17-12-10-16(11-13-17)15(3)18-8-7-9-19(14-18)23-4/h7-15H,5-6H2,1-4H3/t15-/m0/s1. The lowest BCUT2D eigenvalue weighted by molar-refractivity contribution is 0.0773. The number of methoxy groups -OCH3 is 1. The summed E-state index contributed by atoms with van der Waals surface area (Å²) in [6, 6.07) is 16.0. The van der Waals surface area contributed by atoms with Crippen LogP contribution < -0.4 is 4.74 Å². The maximum absolute atomic E-state index is 12.4. The minimum absolute atomic E-state index is 0.0931. The molecule has 0 spiro atoms. The van der Waals surface area contributed by atoms with Crippen molar-refractivity contribution in [1.29, 1.82) is 0 Å². The summed E-state index contributed by atoms with van der Waals surface area (Å²) in [5.74, 6) is 1.21. The molecule has 0 bridgehead atoms. The van der Waals surface area contributed by atoms with Crippen LogP contribution >= 0.6 is 0 Å². The van der Waals surface area contributed by atoms with E-state index in [4.69, 9.17) is 4.74 Å². The average molecular weight is 311 g/mol. The van der Waals surface area contributed by atoms with Crippen LogP contribution in [0.1, 0.15) is 48.2 Å². The van der Waals surface area contributed by atoms with E-state index < -0.39 is 0 Å². The van der Waals surface area contributed by atoms with Crippen molar-refractivity contribution in [3.63, 3.8) is 0 Å². The lowest BCUT2D eigenvalue weighted by atomic mass is 9.92. The fraction of sp³-hybridized carbons (Fsp3) is 0.350. The summed E-state index contributed by atoms with van der Waals surface area (Å²) < 4.78 is 5.29. The van der Waals surface area contributed by atoms with Gasteiger partial charge in [0.05, 0.1) is 7.11 Å². The predicted octanol–water partition coefficient (Wildman–Crippen LogP) is 4.33. The third kappa shape index (κ3) is 3.92. The zero-order chi connectivity index (χ0) is 16.8. The molecule has 0 saturated heterocycles. The molecular formula is C20H25NO2. The summed E-state index contributed by atoms with van der Waals surface area (Å²) in [6.07, 6.45) is 0. The van der Waals surface area contributed by atoms with Crippen molar-refractivity contribution < 1.29 is 9.53 Å². The predicted molar refractivity (Wildman–Crippen MR) is 94.2 cm³/mol. The zero-order valence-corrected chi connectivity index (χ0v) is 14.4. The Hall–Kier alpha value is -2.29. The molecule has 0 saturated carbocycles. The molecule has 0 radical (unpaired) electrons. The van der Waals surface area contributed by atoms with Crippen molar-refractivity contribution in [2.24, 2.45) is 0 Å². The maximum Gasteiger partial charge on any atom is 0.253 e. The first-order valence-corrected chi connectivity index (χ1v) is 8.13. The molecule has 2 rings (SSSR count). The van der Waals surface area contributed by atoms with Gasteiger partial charge in [0.2, 0.25) is 0 Å². The Kier molecular flexibility index (Phi) is 5.80. The van der Waals surface area contributed by atoms with Gasteiger partial charge in [-0.05, 0) is 49.2 Å². The summed E-state index contributed by atoms with van der Waals surface area (Å²) in [7, 11) is 1.68. The molecular weight excluding hydrogens is 286 g/mol. The van der Waals surface area contributed by atoms with E-state index in [9.17, 15) is 4.79 Å². The molecule has 1 amide bonds. The van der Waals surface area contributed by atoms with Gasteiger partial charge in [-0.2, -0.15) is 0 Å². The van der Waals surface area contributed by atoms with Crippen molar-refractivity contribution in [2.45, 2.75) is 26.7 Å². The van der Waals surface area contributed by atoms with Crippen LogP contribution in [-0.2, 0) is 0 Å². The van der Waals surface area contributed by atoms with Gasteiger partial charge in [-0.1, -0.05) is 31.2 Å². The number of hydrogen-bond acceptors (Lipinski definition) is 2. The van der Waals surface area contributed by atoms with Crippen LogP contribution in [0.2, 0.25) is 0 Å². The maximum atomic E-state index is 12.4. The molecule has 3 nitrogen and oxygen atoms in total. The Morgan fingerprint density at radius 1 is 1.04 bits per heavy atom. The van der Waals surface area contributed by atoms with Crippen LogP contribution in [0, 0.1) is 0 Å². The van der Waals surface area contributed by atoms with Crippen molar-refractivity contribution in [3.8, 4) is 5.75 Å². The topological polar surface area (TPSA) is 29.5 Å². The Balaban J connectivity index is 2.20. The van der Waals surface area contributed by atoms with E-state index in [-0.39, 0.29) is 11.8 Å². The number of rotatable bonds is 6. The minimum Gasteiger partial charge on any atom is -0.497 e. The van der Waals surface area contributed by atoms with Gasteiger partial charge >= 0.3 is 0 Å². The highest BCUT2D eigenvalue weighted by molar-refractivity contribution is 5.94. The first-order chi connectivity index (χ1) is 11.1. The molecule has 0 unspecified atom stereocenters. The van der Waals surface area contributed by atoms with E-state index in [1.54, 1.807) is 7.11 Å². The zero-order valence-electron chi connectivity index (χ0n) is 14.4. The molecule has 0 aliphatic rings. The van der Waals surface area contributed by atoms with E-state index in [1.165, 1.54) is 11.1 Å². The van der Waals surface area contributed by atoms with Gasteiger partial charge in [0.15, 0.2) is 0 Å². The van der Waals surface area contributed by atoms with Gasteiger partial charge in [-0.15, -0.1) is 0 Å². The number of hydrogen-bond donors (Lipinski definition) is 0. The van der Waals surface area contributed by atoms with E-state index in [1.807, 2.05) is 55.1 Å². The Bertz CT molecular complexity index is 645. The van der Waals surface area contributed by atoms with E-state index in [0.717, 1.165) is 24.4 Å². The summed E-state index contributed by atoms with van der Waals surface area (Å²) in [5, 5.41) is 0. The van der Waals surface area contributed by atoms with Crippen molar-refractivity contribution in [3.05, 3.63) is 65.2 Å². The van der Waals surface area contributed by atoms with Gasteiger partial charge in [0, 0.05) is 24.6 Å². The third-order valence-corrected chi connectivity index (χ3v) is 4.30. The quantitative estimate of drug-likeness (QED) is 0.794. The van der Waals surface area contributed by atoms with E-state index in [0.29, 0.717) is 0 Å².